The smallest absolute Gasteiger partial charge is 0.251 e. The third-order valence-corrected chi connectivity index (χ3v) is 6.46. The molecule has 0 fully saturated rings. The molecule has 0 unspecified atom stereocenters. The summed E-state index contributed by atoms with van der Waals surface area (Å²) in [6.07, 6.45) is 1.54. The molecule has 2 aromatic heterocycles. The summed E-state index contributed by atoms with van der Waals surface area (Å²) in [6, 6.07) is 9.55. The second kappa shape index (κ2) is 8.03. The summed E-state index contributed by atoms with van der Waals surface area (Å²) in [6.45, 7) is 10.5. The number of halogens is 1. The first-order valence-corrected chi connectivity index (χ1v) is 11.2. The fourth-order valence-electron chi connectivity index (χ4n) is 4.72. The largest absolute Gasteiger partial charge is 0.383 e. The number of amides is 1. The number of allylic oxidation sites excluding steroid dienone is 1. The van der Waals surface area contributed by atoms with E-state index >= 15 is 0 Å². The molecular weight excluding hydrogens is 419 g/mol. The molecule has 3 aromatic rings. The SMILES string of the molecule is C=C1Cn2nc(-c3cc(-c4ccc5c(c4)CCNC5=O)c(N)nc3F)cc2CCN1C(C)C. The van der Waals surface area contributed by atoms with Gasteiger partial charge < -0.3 is 16.0 Å². The Bertz CT molecular complexity index is 1280. The fourth-order valence-corrected chi connectivity index (χ4v) is 4.72. The molecule has 0 radical (unpaired) electrons. The molecule has 2 aliphatic heterocycles. The second-order valence-electron chi connectivity index (χ2n) is 8.92. The number of hydrogen-bond donors (Lipinski definition) is 2. The van der Waals surface area contributed by atoms with Crippen LogP contribution in [-0.2, 0) is 19.4 Å². The summed E-state index contributed by atoms with van der Waals surface area (Å²) in [4.78, 5) is 18.3. The molecule has 3 N–H and O–H groups in total. The Morgan fingerprint density at radius 2 is 1.97 bits per heavy atom. The predicted octanol–water partition coefficient (Wildman–Crippen LogP) is 3.40. The summed E-state index contributed by atoms with van der Waals surface area (Å²) in [5, 5.41) is 7.53. The lowest BCUT2D eigenvalue weighted by atomic mass is 9.94. The van der Waals surface area contributed by atoms with E-state index in [1.807, 2.05) is 22.9 Å². The number of hydrogen-bond acceptors (Lipinski definition) is 5. The van der Waals surface area contributed by atoms with Gasteiger partial charge in [0.25, 0.3) is 5.91 Å². The molecule has 0 bridgehead atoms. The van der Waals surface area contributed by atoms with E-state index in [4.69, 9.17) is 5.73 Å². The van der Waals surface area contributed by atoms with Crippen LogP contribution in [0.15, 0.2) is 42.6 Å². The lowest BCUT2D eigenvalue weighted by Gasteiger charge is -2.28. The van der Waals surface area contributed by atoms with Crippen LogP contribution in [0.25, 0.3) is 22.4 Å². The molecule has 7 nitrogen and oxygen atoms in total. The number of pyridine rings is 1. The Morgan fingerprint density at radius 3 is 2.76 bits per heavy atom. The van der Waals surface area contributed by atoms with Gasteiger partial charge in [-0.25, -0.2) is 4.98 Å². The molecule has 4 heterocycles. The van der Waals surface area contributed by atoms with Gasteiger partial charge in [-0.2, -0.15) is 9.49 Å². The van der Waals surface area contributed by atoms with Gasteiger partial charge in [-0.15, -0.1) is 0 Å². The molecular formula is C25H27FN6O. The lowest BCUT2D eigenvalue weighted by molar-refractivity contribution is 0.0946. The molecule has 0 aliphatic carbocycles. The van der Waals surface area contributed by atoms with Gasteiger partial charge in [-0.05, 0) is 49.6 Å². The van der Waals surface area contributed by atoms with Gasteiger partial charge in [0, 0.05) is 48.1 Å². The van der Waals surface area contributed by atoms with Gasteiger partial charge in [-0.1, -0.05) is 18.7 Å². The number of benzene rings is 1. The van der Waals surface area contributed by atoms with Crippen molar-refractivity contribution in [2.75, 3.05) is 18.8 Å². The Hall–Kier alpha value is -3.68. The number of rotatable bonds is 3. The average Bonchev–Trinajstić information content (AvgIpc) is 3.08. The normalized spacial score (nSPS) is 15.8. The highest BCUT2D eigenvalue weighted by atomic mass is 19.1. The zero-order chi connectivity index (χ0) is 23.3. The highest BCUT2D eigenvalue weighted by molar-refractivity contribution is 5.97. The van der Waals surface area contributed by atoms with Crippen molar-refractivity contribution < 1.29 is 9.18 Å². The van der Waals surface area contributed by atoms with Crippen molar-refractivity contribution in [3.8, 4) is 22.4 Å². The van der Waals surface area contributed by atoms with Crippen LogP contribution in [0.3, 0.4) is 0 Å². The Morgan fingerprint density at radius 1 is 1.15 bits per heavy atom. The van der Waals surface area contributed by atoms with Crippen LogP contribution in [0.4, 0.5) is 10.2 Å². The fraction of sp³-hybridized carbons (Fsp3) is 0.320. The quantitative estimate of drug-likeness (QED) is 0.602. The van der Waals surface area contributed by atoms with E-state index in [0.29, 0.717) is 41.5 Å². The van der Waals surface area contributed by atoms with Crippen LogP contribution in [0, 0.1) is 5.95 Å². The molecule has 2 aliphatic rings. The maximum atomic E-state index is 14.9. The van der Waals surface area contributed by atoms with Crippen molar-refractivity contribution in [1.82, 2.24) is 25.0 Å². The zero-order valence-corrected chi connectivity index (χ0v) is 18.9. The van der Waals surface area contributed by atoms with Crippen LogP contribution < -0.4 is 11.1 Å². The number of carbonyl (C=O) groups excluding carboxylic acids is 1. The van der Waals surface area contributed by atoms with Crippen LogP contribution in [0.5, 0.6) is 0 Å². The number of nitrogen functional groups attached to an aromatic ring is 1. The molecule has 0 atom stereocenters. The topological polar surface area (TPSA) is 89.1 Å². The molecule has 0 spiro atoms. The number of fused-ring (bicyclic) bond motifs is 2. The first kappa shape index (κ1) is 21.2. The Balaban J connectivity index is 1.52. The van der Waals surface area contributed by atoms with Gasteiger partial charge in [0.2, 0.25) is 5.95 Å². The standard InChI is InChI=1S/C25H27FN6O/c1-14(2)31-9-7-18-11-22(30-32(18)13-15(31)3)21-12-20(24(27)29-23(21)26)16-4-5-19-17(10-16)6-8-28-25(19)33/h4-5,10-12,14H,3,6-9,13H2,1-2H3,(H2,27,29)(H,28,33). The van der Waals surface area contributed by atoms with Gasteiger partial charge in [0.15, 0.2) is 0 Å². The average molecular weight is 447 g/mol. The first-order valence-electron chi connectivity index (χ1n) is 11.2. The van der Waals surface area contributed by atoms with E-state index in [9.17, 15) is 9.18 Å². The Kier molecular flexibility index (Phi) is 5.15. The van der Waals surface area contributed by atoms with Crippen LogP contribution >= 0.6 is 0 Å². The van der Waals surface area contributed by atoms with Crippen molar-refractivity contribution in [1.29, 1.82) is 0 Å². The Labute approximate surface area is 192 Å². The van der Waals surface area contributed by atoms with Crippen molar-refractivity contribution in [2.45, 2.75) is 39.3 Å². The monoisotopic (exact) mass is 446 g/mol. The molecule has 1 aromatic carbocycles. The highest BCUT2D eigenvalue weighted by Crippen LogP contribution is 2.33. The summed E-state index contributed by atoms with van der Waals surface area (Å²) in [5.41, 5.74) is 12.0. The number of carbonyl (C=O) groups is 1. The molecule has 8 heteroatoms. The maximum Gasteiger partial charge on any atom is 0.251 e. The number of anilines is 1. The van der Waals surface area contributed by atoms with Gasteiger partial charge in [0.05, 0.1) is 17.8 Å². The van der Waals surface area contributed by atoms with E-state index < -0.39 is 5.95 Å². The molecule has 33 heavy (non-hydrogen) atoms. The van der Waals surface area contributed by atoms with E-state index in [2.05, 4.69) is 40.7 Å². The molecule has 0 saturated carbocycles. The second-order valence-corrected chi connectivity index (χ2v) is 8.92. The minimum Gasteiger partial charge on any atom is -0.383 e. The number of nitrogens with one attached hydrogen (secondary N) is 1. The summed E-state index contributed by atoms with van der Waals surface area (Å²) in [5.74, 6) is -0.617. The molecule has 0 saturated heterocycles. The first-order chi connectivity index (χ1) is 15.8. The zero-order valence-electron chi connectivity index (χ0n) is 18.9. The number of nitrogens with zero attached hydrogens (tertiary/aromatic N) is 4. The van der Waals surface area contributed by atoms with Crippen molar-refractivity contribution in [3.05, 3.63) is 65.4 Å². The maximum absolute atomic E-state index is 14.9. The van der Waals surface area contributed by atoms with Crippen LogP contribution in [0.1, 0.15) is 35.5 Å². The van der Waals surface area contributed by atoms with Gasteiger partial charge in [0.1, 0.15) is 5.82 Å². The summed E-state index contributed by atoms with van der Waals surface area (Å²) < 4.78 is 16.8. The van der Waals surface area contributed by atoms with Gasteiger partial charge in [-0.3, -0.25) is 9.48 Å². The van der Waals surface area contributed by atoms with E-state index in [0.717, 1.165) is 41.9 Å². The highest BCUT2D eigenvalue weighted by Gasteiger charge is 2.23. The van der Waals surface area contributed by atoms with Crippen molar-refractivity contribution >= 4 is 11.7 Å². The summed E-state index contributed by atoms with van der Waals surface area (Å²) in [7, 11) is 0. The summed E-state index contributed by atoms with van der Waals surface area (Å²) >= 11 is 0. The minimum atomic E-state index is -0.649. The van der Waals surface area contributed by atoms with Crippen LogP contribution in [-0.4, -0.2) is 44.7 Å². The third-order valence-electron chi connectivity index (χ3n) is 6.46. The van der Waals surface area contributed by atoms with Crippen molar-refractivity contribution in [3.63, 3.8) is 0 Å². The molecule has 5 rings (SSSR count). The van der Waals surface area contributed by atoms with E-state index in [1.54, 1.807) is 12.1 Å². The number of nitrogens with two attached hydrogens (primary N) is 1. The molecule has 170 valence electrons. The van der Waals surface area contributed by atoms with E-state index in [1.165, 1.54) is 0 Å². The predicted molar refractivity (Wildman–Crippen MR) is 126 cm³/mol. The van der Waals surface area contributed by atoms with Gasteiger partial charge >= 0.3 is 0 Å². The third kappa shape index (κ3) is 3.75. The lowest BCUT2D eigenvalue weighted by Crippen LogP contribution is -2.31. The molecule has 1 amide bonds. The van der Waals surface area contributed by atoms with E-state index in [-0.39, 0.29) is 11.7 Å². The number of aromatic nitrogens is 3. The van der Waals surface area contributed by atoms with Crippen LogP contribution in [0.2, 0.25) is 0 Å². The minimum absolute atomic E-state index is 0.0779. The van der Waals surface area contributed by atoms with Crippen molar-refractivity contribution in [2.24, 2.45) is 0 Å².